The van der Waals surface area contributed by atoms with E-state index in [1.807, 2.05) is 37.3 Å². The highest BCUT2D eigenvalue weighted by atomic mass is 35.5. The largest absolute Gasteiger partial charge is 0.494 e. The van der Waals surface area contributed by atoms with Crippen LogP contribution < -0.4 is 15.3 Å². The molecule has 0 aliphatic rings. The number of nitrogens with zero attached hydrogens (tertiary/aromatic N) is 3. The molecule has 0 aliphatic heterocycles. The SMILES string of the molecule is CCOc1ccc2nc(N(CCN(CC)CC)C(=O)c3cc4ccccc4oc3=O)sc2c1.Cl. The third-order valence-corrected chi connectivity index (χ3v) is 6.58. The van der Waals surface area contributed by atoms with E-state index in [1.54, 1.807) is 23.1 Å². The lowest BCUT2D eigenvalue weighted by Gasteiger charge is -2.24. The summed E-state index contributed by atoms with van der Waals surface area (Å²) in [6.45, 7) is 9.49. The van der Waals surface area contributed by atoms with E-state index in [1.165, 1.54) is 11.3 Å². The highest BCUT2D eigenvalue weighted by molar-refractivity contribution is 7.22. The number of aromatic nitrogens is 1. The van der Waals surface area contributed by atoms with Crippen molar-refractivity contribution < 1.29 is 13.9 Å². The molecule has 2 aromatic carbocycles. The zero-order valence-electron chi connectivity index (χ0n) is 19.4. The van der Waals surface area contributed by atoms with Gasteiger partial charge in [-0.25, -0.2) is 9.78 Å². The molecular formula is C25H28ClN3O4S. The molecule has 0 fully saturated rings. The zero-order chi connectivity index (χ0) is 23.4. The number of rotatable bonds is 9. The van der Waals surface area contributed by atoms with E-state index in [2.05, 4.69) is 18.7 Å². The molecule has 0 saturated carbocycles. The average molecular weight is 502 g/mol. The maximum absolute atomic E-state index is 13.6. The number of anilines is 1. The number of hydrogen-bond acceptors (Lipinski definition) is 7. The molecule has 2 heterocycles. The molecule has 1 amide bonds. The molecular weight excluding hydrogens is 474 g/mol. The number of amides is 1. The van der Waals surface area contributed by atoms with Crippen molar-refractivity contribution in [2.24, 2.45) is 0 Å². The molecule has 0 saturated heterocycles. The molecule has 4 aromatic rings. The first-order valence-electron chi connectivity index (χ1n) is 11.1. The summed E-state index contributed by atoms with van der Waals surface area (Å²) in [7, 11) is 0. The normalized spacial score (nSPS) is 11.1. The van der Waals surface area contributed by atoms with Crippen LogP contribution in [-0.4, -0.2) is 48.6 Å². The van der Waals surface area contributed by atoms with Gasteiger partial charge in [0.25, 0.3) is 5.91 Å². The summed E-state index contributed by atoms with van der Waals surface area (Å²) in [6.07, 6.45) is 0. The number of fused-ring (bicyclic) bond motifs is 2. The minimum absolute atomic E-state index is 0. The molecule has 0 bridgehead atoms. The van der Waals surface area contributed by atoms with Gasteiger partial charge >= 0.3 is 5.63 Å². The van der Waals surface area contributed by atoms with Gasteiger partial charge in [-0.1, -0.05) is 43.4 Å². The van der Waals surface area contributed by atoms with Crippen LogP contribution in [0.3, 0.4) is 0 Å². The lowest BCUT2D eigenvalue weighted by molar-refractivity contribution is 0.0980. The first-order valence-corrected chi connectivity index (χ1v) is 12.0. The van der Waals surface area contributed by atoms with E-state index in [-0.39, 0.29) is 18.0 Å². The predicted octanol–water partition coefficient (Wildman–Crippen LogP) is 5.21. The van der Waals surface area contributed by atoms with E-state index < -0.39 is 11.5 Å². The fourth-order valence-electron chi connectivity index (χ4n) is 3.69. The fraction of sp³-hybridized carbons (Fsp3) is 0.320. The maximum Gasteiger partial charge on any atom is 0.349 e. The minimum atomic E-state index is -0.647. The number of halogens is 1. The van der Waals surface area contributed by atoms with Gasteiger partial charge in [0.05, 0.1) is 16.8 Å². The van der Waals surface area contributed by atoms with Gasteiger partial charge in [-0.15, -0.1) is 12.4 Å². The Balaban J connectivity index is 0.00000324. The number of carbonyl (C=O) groups is 1. The molecule has 180 valence electrons. The van der Waals surface area contributed by atoms with Crippen LogP contribution in [-0.2, 0) is 0 Å². The summed E-state index contributed by atoms with van der Waals surface area (Å²) in [6, 6.07) is 14.5. The number of hydrogen-bond donors (Lipinski definition) is 0. The topological polar surface area (TPSA) is 75.9 Å². The van der Waals surface area contributed by atoms with Crippen LogP contribution in [0.2, 0.25) is 0 Å². The van der Waals surface area contributed by atoms with Crippen molar-refractivity contribution in [1.82, 2.24) is 9.88 Å². The predicted molar refractivity (Wildman–Crippen MR) is 140 cm³/mol. The highest BCUT2D eigenvalue weighted by Crippen LogP contribution is 2.32. The molecule has 2 aromatic heterocycles. The van der Waals surface area contributed by atoms with Crippen LogP contribution in [0, 0.1) is 0 Å². The molecule has 9 heteroatoms. The van der Waals surface area contributed by atoms with Crippen LogP contribution in [0.25, 0.3) is 21.2 Å². The van der Waals surface area contributed by atoms with Gasteiger partial charge in [0.1, 0.15) is 16.9 Å². The lowest BCUT2D eigenvalue weighted by Crippen LogP contribution is -2.40. The first kappa shape index (κ1) is 25.7. The third-order valence-electron chi connectivity index (χ3n) is 5.54. The Morgan fingerprint density at radius 1 is 1.06 bits per heavy atom. The summed E-state index contributed by atoms with van der Waals surface area (Å²) < 4.78 is 11.9. The Morgan fingerprint density at radius 2 is 1.82 bits per heavy atom. The molecule has 0 radical (unpaired) electrons. The smallest absolute Gasteiger partial charge is 0.349 e. The zero-order valence-corrected chi connectivity index (χ0v) is 21.1. The third kappa shape index (κ3) is 5.41. The highest BCUT2D eigenvalue weighted by Gasteiger charge is 2.25. The number of para-hydroxylation sites is 1. The molecule has 34 heavy (non-hydrogen) atoms. The van der Waals surface area contributed by atoms with Crippen LogP contribution in [0.5, 0.6) is 5.75 Å². The van der Waals surface area contributed by atoms with Gasteiger partial charge in [-0.05, 0) is 50.3 Å². The van der Waals surface area contributed by atoms with Crippen LogP contribution in [0.1, 0.15) is 31.1 Å². The molecule has 0 atom stereocenters. The Hall–Kier alpha value is -2.94. The molecule has 7 nitrogen and oxygen atoms in total. The van der Waals surface area contributed by atoms with E-state index >= 15 is 0 Å². The van der Waals surface area contributed by atoms with Crippen LogP contribution >= 0.6 is 23.7 Å². The molecule has 0 spiro atoms. The summed E-state index contributed by atoms with van der Waals surface area (Å²) in [5.41, 5.74) is 0.593. The minimum Gasteiger partial charge on any atom is -0.494 e. The molecule has 0 N–H and O–H groups in total. The van der Waals surface area contributed by atoms with Crippen molar-refractivity contribution >= 4 is 56.0 Å². The monoisotopic (exact) mass is 501 g/mol. The average Bonchev–Trinajstić information content (AvgIpc) is 3.24. The van der Waals surface area contributed by atoms with Crippen LogP contribution in [0.4, 0.5) is 5.13 Å². The summed E-state index contributed by atoms with van der Waals surface area (Å²) >= 11 is 1.41. The molecule has 0 aliphatic carbocycles. The number of benzene rings is 2. The van der Waals surface area contributed by atoms with Crippen molar-refractivity contribution in [3.8, 4) is 5.75 Å². The Bertz CT molecular complexity index is 1330. The standard InChI is InChI=1S/C25H27N3O4S.ClH/c1-4-27(5-2)13-14-28(25-26-20-12-11-18(31-6-3)16-22(20)33-25)23(29)19-15-17-9-7-8-10-21(17)32-24(19)30;/h7-12,15-16H,4-6,13-14H2,1-3H3;1H. The van der Waals surface area contributed by atoms with E-state index in [4.69, 9.17) is 14.1 Å². The van der Waals surface area contributed by atoms with Gasteiger partial charge in [0.15, 0.2) is 5.13 Å². The number of likely N-dealkylation sites (N-methyl/N-ethyl adjacent to an activating group) is 1. The lowest BCUT2D eigenvalue weighted by atomic mass is 10.1. The Labute approximate surface area is 208 Å². The second-order valence-electron chi connectivity index (χ2n) is 7.53. The number of ether oxygens (including phenoxy) is 1. The summed E-state index contributed by atoms with van der Waals surface area (Å²) in [4.78, 5) is 34.8. The quantitative estimate of drug-likeness (QED) is 0.293. The van der Waals surface area contributed by atoms with Gasteiger partial charge in [0.2, 0.25) is 0 Å². The molecule has 0 unspecified atom stereocenters. The van der Waals surface area contributed by atoms with Crippen molar-refractivity contribution in [1.29, 1.82) is 0 Å². The number of carbonyl (C=O) groups excluding carboxylic acids is 1. The second-order valence-corrected chi connectivity index (χ2v) is 8.54. The van der Waals surface area contributed by atoms with E-state index in [0.29, 0.717) is 35.8 Å². The Morgan fingerprint density at radius 3 is 2.56 bits per heavy atom. The maximum atomic E-state index is 13.6. The summed E-state index contributed by atoms with van der Waals surface area (Å²) in [5.74, 6) is 0.349. The van der Waals surface area contributed by atoms with E-state index in [0.717, 1.165) is 29.1 Å². The van der Waals surface area contributed by atoms with Gasteiger partial charge < -0.3 is 14.1 Å². The van der Waals surface area contributed by atoms with Gasteiger partial charge in [0, 0.05) is 18.5 Å². The van der Waals surface area contributed by atoms with Gasteiger partial charge in [-0.3, -0.25) is 9.69 Å². The van der Waals surface area contributed by atoms with E-state index in [9.17, 15) is 9.59 Å². The molecule has 4 rings (SSSR count). The van der Waals surface area contributed by atoms with Crippen molar-refractivity contribution in [3.63, 3.8) is 0 Å². The number of thiazole rings is 1. The van der Waals surface area contributed by atoms with Crippen molar-refractivity contribution in [2.75, 3.05) is 37.7 Å². The second kappa shape index (κ2) is 11.5. The van der Waals surface area contributed by atoms with Crippen molar-refractivity contribution in [2.45, 2.75) is 20.8 Å². The first-order chi connectivity index (χ1) is 16.0. The Kier molecular flexibility index (Phi) is 8.66. The fourth-order valence-corrected chi connectivity index (χ4v) is 4.70. The van der Waals surface area contributed by atoms with Gasteiger partial charge in [-0.2, -0.15) is 0 Å². The van der Waals surface area contributed by atoms with Crippen LogP contribution in [0.15, 0.2) is 57.7 Å². The van der Waals surface area contributed by atoms with Crippen molar-refractivity contribution in [3.05, 3.63) is 64.5 Å². The summed E-state index contributed by atoms with van der Waals surface area (Å²) in [5, 5.41) is 1.25.